The molecule has 82 valence electrons. The van der Waals surface area contributed by atoms with Crippen molar-refractivity contribution in [1.29, 1.82) is 0 Å². The average Bonchev–Trinajstić information content (AvgIpc) is 2.71. The van der Waals surface area contributed by atoms with Gasteiger partial charge >= 0.3 is 0 Å². The zero-order valence-electron chi connectivity index (χ0n) is 7.91. The predicted molar refractivity (Wildman–Crippen MR) is 63.7 cm³/mol. The molecular weight excluding hydrogens is 235 g/mol. The second kappa shape index (κ2) is 6.40. The quantitative estimate of drug-likeness (QED) is 0.876. The molecule has 0 aliphatic rings. The molecule has 2 aromatic heterocycles. The van der Waals surface area contributed by atoms with Crippen LogP contribution in [0.3, 0.4) is 0 Å². The summed E-state index contributed by atoms with van der Waals surface area (Å²) < 4.78 is 1.85. The first-order valence-corrected chi connectivity index (χ1v) is 4.04. The zero-order valence-corrected chi connectivity index (χ0v) is 9.54. The van der Waals surface area contributed by atoms with E-state index in [0.717, 1.165) is 11.5 Å². The Morgan fingerprint density at radius 3 is 2.67 bits per heavy atom. The molecule has 0 bridgehead atoms. The molecule has 0 aliphatic carbocycles. The number of halogens is 2. The first-order chi connectivity index (χ1) is 6.40. The molecule has 6 heteroatoms. The Labute approximate surface area is 100 Å². The van der Waals surface area contributed by atoms with E-state index in [0.29, 0.717) is 6.54 Å². The van der Waals surface area contributed by atoms with E-state index in [9.17, 15) is 0 Å². The molecule has 0 saturated carbocycles. The molecular formula is C9H12Cl2N4. The Morgan fingerprint density at radius 2 is 2.07 bits per heavy atom. The van der Waals surface area contributed by atoms with Crippen molar-refractivity contribution in [2.24, 2.45) is 5.73 Å². The van der Waals surface area contributed by atoms with E-state index in [1.54, 1.807) is 12.5 Å². The highest BCUT2D eigenvalue weighted by Crippen LogP contribution is 2.04. The largest absolute Gasteiger partial charge is 0.325 e. The fourth-order valence-electron chi connectivity index (χ4n) is 1.12. The van der Waals surface area contributed by atoms with Gasteiger partial charge in [-0.05, 0) is 12.1 Å². The second-order valence-electron chi connectivity index (χ2n) is 2.66. The average molecular weight is 247 g/mol. The van der Waals surface area contributed by atoms with Gasteiger partial charge in [-0.15, -0.1) is 24.8 Å². The standard InChI is InChI=1S/C9H10N4.2ClH/c10-6-8-2-1-3-9(12-8)13-5-4-11-7-13;;/h1-5,7H,6,10H2;2*1H. The van der Waals surface area contributed by atoms with Crippen LogP contribution in [0.2, 0.25) is 0 Å². The Morgan fingerprint density at radius 1 is 1.27 bits per heavy atom. The maximum absolute atomic E-state index is 5.48. The van der Waals surface area contributed by atoms with Crippen LogP contribution in [-0.4, -0.2) is 14.5 Å². The molecule has 4 nitrogen and oxygen atoms in total. The summed E-state index contributed by atoms with van der Waals surface area (Å²) in [7, 11) is 0. The highest BCUT2D eigenvalue weighted by molar-refractivity contribution is 5.85. The Kier molecular flexibility index (Phi) is 5.93. The maximum Gasteiger partial charge on any atom is 0.138 e. The van der Waals surface area contributed by atoms with Crippen molar-refractivity contribution in [2.45, 2.75) is 6.54 Å². The van der Waals surface area contributed by atoms with Crippen LogP contribution in [0, 0.1) is 0 Å². The number of hydrogen-bond donors (Lipinski definition) is 1. The summed E-state index contributed by atoms with van der Waals surface area (Å²) in [4.78, 5) is 8.28. The molecule has 2 heterocycles. The van der Waals surface area contributed by atoms with Gasteiger partial charge in [0.2, 0.25) is 0 Å². The van der Waals surface area contributed by atoms with Crippen LogP contribution < -0.4 is 5.73 Å². The van der Waals surface area contributed by atoms with Crippen LogP contribution >= 0.6 is 24.8 Å². The molecule has 0 radical (unpaired) electrons. The van der Waals surface area contributed by atoms with Crippen LogP contribution in [0.1, 0.15) is 5.69 Å². The summed E-state index contributed by atoms with van der Waals surface area (Å²) in [6.45, 7) is 0.461. The normalized spacial score (nSPS) is 8.87. The van der Waals surface area contributed by atoms with Gasteiger partial charge in [-0.1, -0.05) is 6.07 Å². The van der Waals surface area contributed by atoms with Gasteiger partial charge in [-0.3, -0.25) is 4.57 Å². The summed E-state index contributed by atoms with van der Waals surface area (Å²) >= 11 is 0. The summed E-state index contributed by atoms with van der Waals surface area (Å²) in [5.74, 6) is 0.848. The van der Waals surface area contributed by atoms with Gasteiger partial charge in [0, 0.05) is 18.9 Å². The third kappa shape index (κ3) is 3.20. The number of imidazole rings is 1. The van der Waals surface area contributed by atoms with Crippen molar-refractivity contribution in [3.05, 3.63) is 42.6 Å². The maximum atomic E-state index is 5.48. The SMILES string of the molecule is Cl.Cl.NCc1cccc(-n2ccnc2)n1. The number of nitrogens with zero attached hydrogens (tertiary/aromatic N) is 3. The van der Waals surface area contributed by atoms with E-state index in [4.69, 9.17) is 5.73 Å². The Bertz CT molecular complexity index is 389. The van der Waals surface area contributed by atoms with Crippen LogP contribution in [0.4, 0.5) is 0 Å². The minimum Gasteiger partial charge on any atom is -0.325 e. The lowest BCUT2D eigenvalue weighted by Crippen LogP contribution is -2.02. The van der Waals surface area contributed by atoms with E-state index >= 15 is 0 Å². The van der Waals surface area contributed by atoms with Crippen LogP contribution in [0.5, 0.6) is 0 Å². The predicted octanol–water partition coefficient (Wildman–Crippen LogP) is 1.57. The number of pyridine rings is 1. The molecule has 0 aliphatic heterocycles. The molecule has 0 saturated heterocycles. The molecule has 2 aromatic rings. The van der Waals surface area contributed by atoms with Crippen molar-refractivity contribution < 1.29 is 0 Å². The highest BCUT2D eigenvalue weighted by Gasteiger charge is 1.96. The minimum absolute atomic E-state index is 0. The summed E-state index contributed by atoms with van der Waals surface area (Å²) in [5, 5.41) is 0. The molecule has 0 amide bonds. The molecule has 0 fully saturated rings. The topological polar surface area (TPSA) is 56.7 Å². The van der Waals surface area contributed by atoms with E-state index < -0.39 is 0 Å². The molecule has 0 spiro atoms. The Balaban J connectivity index is 0.000000980. The molecule has 15 heavy (non-hydrogen) atoms. The fourth-order valence-corrected chi connectivity index (χ4v) is 1.12. The van der Waals surface area contributed by atoms with Gasteiger partial charge in [-0.25, -0.2) is 9.97 Å². The monoisotopic (exact) mass is 246 g/mol. The fraction of sp³-hybridized carbons (Fsp3) is 0.111. The number of hydrogen-bond acceptors (Lipinski definition) is 3. The van der Waals surface area contributed by atoms with E-state index in [2.05, 4.69) is 9.97 Å². The van der Waals surface area contributed by atoms with Crippen LogP contribution in [-0.2, 0) is 6.54 Å². The van der Waals surface area contributed by atoms with Gasteiger partial charge in [0.25, 0.3) is 0 Å². The molecule has 2 rings (SSSR count). The van der Waals surface area contributed by atoms with E-state index in [1.807, 2.05) is 29.0 Å². The van der Waals surface area contributed by atoms with Crippen LogP contribution in [0.25, 0.3) is 5.82 Å². The summed E-state index contributed by atoms with van der Waals surface area (Å²) in [5.41, 5.74) is 6.37. The van der Waals surface area contributed by atoms with Crippen molar-refractivity contribution >= 4 is 24.8 Å². The first-order valence-electron chi connectivity index (χ1n) is 4.04. The van der Waals surface area contributed by atoms with Gasteiger partial charge in [0.15, 0.2) is 0 Å². The van der Waals surface area contributed by atoms with Crippen LogP contribution in [0.15, 0.2) is 36.9 Å². The van der Waals surface area contributed by atoms with Gasteiger partial charge < -0.3 is 5.73 Å². The third-order valence-corrected chi connectivity index (χ3v) is 1.77. The molecule has 0 atom stereocenters. The second-order valence-corrected chi connectivity index (χ2v) is 2.66. The summed E-state index contributed by atoms with van der Waals surface area (Å²) in [6.07, 6.45) is 5.28. The minimum atomic E-state index is 0. The lowest BCUT2D eigenvalue weighted by molar-refractivity contribution is 0.926. The number of nitrogens with two attached hydrogens (primary N) is 1. The zero-order chi connectivity index (χ0) is 9.10. The van der Waals surface area contributed by atoms with E-state index in [-0.39, 0.29) is 24.8 Å². The van der Waals surface area contributed by atoms with Crippen molar-refractivity contribution in [3.63, 3.8) is 0 Å². The molecule has 0 aromatic carbocycles. The van der Waals surface area contributed by atoms with Gasteiger partial charge in [-0.2, -0.15) is 0 Å². The van der Waals surface area contributed by atoms with Crippen molar-refractivity contribution in [2.75, 3.05) is 0 Å². The molecule has 2 N–H and O–H groups in total. The van der Waals surface area contributed by atoms with Gasteiger partial charge in [0.1, 0.15) is 12.1 Å². The van der Waals surface area contributed by atoms with Crippen molar-refractivity contribution in [1.82, 2.24) is 14.5 Å². The lowest BCUT2D eigenvalue weighted by Gasteiger charge is -2.02. The lowest BCUT2D eigenvalue weighted by atomic mass is 10.3. The Hall–Kier alpha value is -1.10. The van der Waals surface area contributed by atoms with Crippen molar-refractivity contribution in [3.8, 4) is 5.82 Å². The molecule has 0 unspecified atom stereocenters. The summed E-state index contributed by atoms with van der Waals surface area (Å²) in [6, 6.07) is 5.76. The third-order valence-electron chi connectivity index (χ3n) is 1.77. The highest BCUT2D eigenvalue weighted by atomic mass is 35.5. The number of aromatic nitrogens is 3. The van der Waals surface area contributed by atoms with Gasteiger partial charge in [0.05, 0.1) is 5.69 Å². The smallest absolute Gasteiger partial charge is 0.138 e. The number of rotatable bonds is 2. The first kappa shape index (κ1) is 13.9. The van der Waals surface area contributed by atoms with E-state index in [1.165, 1.54) is 0 Å².